The summed E-state index contributed by atoms with van der Waals surface area (Å²) in [7, 11) is 0. The molecular formula is C7H13N. The molecule has 2 aliphatic rings. The van der Waals surface area contributed by atoms with Crippen LogP contribution in [0, 0.1) is 0 Å². The number of hydrogen-bond acceptors (Lipinski definition) is 1. The van der Waals surface area contributed by atoms with E-state index < -0.39 is 0 Å². The summed E-state index contributed by atoms with van der Waals surface area (Å²) < 4.78 is 0. The Morgan fingerprint density at radius 3 is 1.75 bits per heavy atom. The van der Waals surface area contributed by atoms with Gasteiger partial charge in [0.05, 0.1) is 0 Å². The molecule has 2 atom stereocenters. The Hall–Kier alpha value is -0.0400. The first-order chi connectivity index (χ1) is 3.80. The smallest absolute Gasteiger partial charge is 0.0227 e. The molecule has 0 spiro atoms. The maximum atomic E-state index is 2.61. The van der Waals surface area contributed by atoms with Crippen molar-refractivity contribution in [2.75, 3.05) is 0 Å². The molecule has 1 aliphatic carbocycles. The Balaban J connectivity index is 1.92. The molecule has 0 aromatic rings. The molecule has 0 bridgehead atoms. The fourth-order valence-corrected chi connectivity index (χ4v) is 1.57. The zero-order chi connectivity index (χ0) is 5.72. The van der Waals surface area contributed by atoms with Gasteiger partial charge < -0.3 is 0 Å². The van der Waals surface area contributed by atoms with E-state index in [4.69, 9.17) is 0 Å². The van der Waals surface area contributed by atoms with Crippen LogP contribution in [0.25, 0.3) is 0 Å². The number of hydrogen-bond donors (Lipinski definition) is 0. The first kappa shape index (κ1) is 4.80. The van der Waals surface area contributed by atoms with Gasteiger partial charge in [-0.2, -0.15) is 0 Å². The van der Waals surface area contributed by atoms with Gasteiger partial charge >= 0.3 is 0 Å². The summed E-state index contributed by atoms with van der Waals surface area (Å²) in [5.74, 6) is 0. The fourth-order valence-electron chi connectivity index (χ4n) is 1.57. The van der Waals surface area contributed by atoms with Crippen LogP contribution in [0.15, 0.2) is 0 Å². The van der Waals surface area contributed by atoms with Gasteiger partial charge in [0.1, 0.15) is 0 Å². The van der Waals surface area contributed by atoms with Gasteiger partial charge in [0.25, 0.3) is 0 Å². The van der Waals surface area contributed by atoms with Gasteiger partial charge in [-0.15, -0.1) is 0 Å². The van der Waals surface area contributed by atoms with Crippen LogP contribution in [0.4, 0.5) is 0 Å². The van der Waals surface area contributed by atoms with Gasteiger partial charge in [0, 0.05) is 18.1 Å². The molecular weight excluding hydrogens is 98.1 g/mol. The van der Waals surface area contributed by atoms with Crippen LogP contribution < -0.4 is 0 Å². The standard InChI is InChI=1S/C7H13N/c1-5-6(2)8(5)7-3-4-7/h5-7H,3-4H2,1-2H3. The van der Waals surface area contributed by atoms with Crippen LogP contribution in [0.5, 0.6) is 0 Å². The third-order valence-electron chi connectivity index (χ3n) is 2.52. The minimum absolute atomic E-state index is 0.905. The first-order valence-corrected chi connectivity index (χ1v) is 3.58. The second kappa shape index (κ2) is 1.27. The minimum Gasteiger partial charge on any atom is -0.292 e. The van der Waals surface area contributed by atoms with Crippen molar-refractivity contribution in [2.45, 2.75) is 44.8 Å². The van der Waals surface area contributed by atoms with E-state index in [1.165, 1.54) is 12.8 Å². The highest BCUT2D eigenvalue weighted by molar-refractivity contribution is 5.04. The summed E-state index contributed by atoms with van der Waals surface area (Å²) in [5, 5.41) is 0. The van der Waals surface area contributed by atoms with Crippen molar-refractivity contribution in [1.29, 1.82) is 0 Å². The van der Waals surface area contributed by atoms with E-state index in [1.54, 1.807) is 0 Å². The molecule has 1 aliphatic heterocycles. The molecule has 1 heterocycles. The lowest BCUT2D eigenvalue weighted by Gasteiger charge is -1.92. The van der Waals surface area contributed by atoms with Crippen molar-refractivity contribution in [3.8, 4) is 0 Å². The minimum atomic E-state index is 0.905. The third-order valence-corrected chi connectivity index (χ3v) is 2.52. The van der Waals surface area contributed by atoms with Crippen LogP contribution in [0.1, 0.15) is 26.7 Å². The van der Waals surface area contributed by atoms with E-state index in [0.717, 1.165) is 18.1 Å². The lowest BCUT2D eigenvalue weighted by Crippen LogP contribution is -2.02. The van der Waals surface area contributed by atoms with Gasteiger partial charge in [-0.05, 0) is 26.7 Å². The molecule has 0 aromatic heterocycles. The predicted octanol–water partition coefficient (Wildman–Crippen LogP) is 1.24. The monoisotopic (exact) mass is 111 g/mol. The topological polar surface area (TPSA) is 3.01 Å². The highest BCUT2D eigenvalue weighted by Gasteiger charge is 2.48. The van der Waals surface area contributed by atoms with E-state index >= 15 is 0 Å². The molecule has 0 radical (unpaired) electrons. The molecule has 8 heavy (non-hydrogen) atoms. The highest BCUT2D eigenvalue weighted by atomic mass is 15.4. The quantitative estimate of drug-likeness (QED) is 0.460. The molecule has 2 fully saturated rings. The van der Waals surface area contributed by atoms with E-state index in [9.17, 15) is 0 Å². The first-order valence-electron chi connectivity index (χ1n) is 3.58. The predicted molar refractivity (Wildman–Crippen MR) is 33.8 cm³/mol. The third kappa shape index (κ3) is 0.510. The van der Waals surface area contributed by atoms with Gasteiger partial charge in [-0.1, -0.05) is 0 Å². The van der Waals surface area contributed by atoms with Crippen molar-refractivity contribution in [2.24, 2.45) is 0 Å². The second-order valence-corrected chi connectivity index (χ2v) is 3.16. The molecule has 0 aromatic carbocycles. The molecule has 0 N–H and O–H groups in total. The molecule has 1 nitrogen and oxygen atoms in total. The molecule has 2 unspecified atom stereocenters. The van der Waals surface area contributed by atoms with Crippen LogP contribution >= 0.6 is 0 Å². The normalized spacial score (nSPS) is 54.0. The second-order valence-electron chi connectivity index (χ2n) is 3.16. The lowest BCUT2D eigenvalue weighted by atomic mass is 10.4. The van der Waals surface area contributed by atoms with Crippen molar-refractivity contribution >= 4 is 0 Å². The van der Waals surface area contributed by atoms with Gasteiger partial charge in [-0.25, -0.2) is 0 Å². The van der Waals surface area contributed by atoms with Gasteiger partial charge in [-0.3, -0.25) is 4.90 Å². The van der Waals surface area contributed by atoms with Gasteiger partial charge in [0.15, 0.2) is 0 Å². The molecule has 1 saturated carbocycles. The van der Waals surface area contributed by atoms with E-state index in [0.29, 0.717) is 0 Å². The molecule has 2 rings (SSSR count). The van der Waals surface area contributed by atoms with E-state index in [2.05, 4.69) is 18.7 Å². The lowest BCUT2D eigenvalue weighted by molar-refractivity contribution is 0.483. The molecule has 1 saturated heterocycles. The average Bonchev–Trinajstić information content (AvgIpc) is 2.52. The molecule has 0 amide bonds. The van der Waals surface area contributed by atoms with Crippen LogP contribution in [0.2, 0.25) is 0 Å². The SMILES string of the molecule is CC1C(C)N1C1CC1. The summed E-state index contributed by atoms with van der Waals surface area (Å²) in [5.41, 5.74) is 0. The summed E-state index contributed by atoms with van der Waals surface area (Å²) in [6.07, 6.45) is 2.93. The zero-order valence-electron chi connectivity index (χ0n) is 5.59. The fraction of sp³-hybridized carbons (Fsp3) is 1.00. The highest BCUT2D eigenvalue weighted by Crippen LogP contribution is 2.40. The Kier molecular flexibility index (Phi) is 0.762. The molecule has 46 valence electrons. The molecule has 1 heteroatoms. The largest absolute Gasteiger partial charge is 0.292 e. The van der Waals surface area contributed by atoms with Crippen molar-refractivity contribution < 1.29 is 0 Å². The Labute approximate surface area is 50.7 Å². The van der Waals surface area contributed by atoms with Gasteiger partial charge in [0.2, 0.25) is 0 Å². The maximum Gasteiger partial charge on any atom is 0.0227 e. The summed E-state index contributed by atoms with van der Waals surface area (Å²) in [6.45, 7) is 4.64. The Morgan fingerprint density at radius 2 is 1.62 bits per heavy atom. The van der Waals surface area contributed by atoms with E-state index in [-0.39, 0.29) is 0 Å². The number of rotatable bonds is 1. The van der Waals surface area contributed by atoms with Crippen LogP contribution in [-0.2, 0) is 0 Å². The van der Waals surface area contributed by atoms with Crippen molar-refractivity contribution in [1.82, 2.24) is 4.90 Å². The van der Waals surface area contributed by atoms with Crippen molar-refractivity contribution in [3.05, 3.63) is 0 Å². The summed E-state index contributed by atoms with van der Waals surface area (Å²) in [6, 6.07) is 2.81. The Morgan fingerprint density at radius 1 is 1.12 bits per heavy atom. The summed E-state index contributed by atoms with van der Waals surface area (Å²) in [4.78, 5) is 2.61. The Bertz CT molecular complexity index is 96.2. The zero-order valence-corrected chi connectivity index (χ0v) is 5.59. The van der Waals surface area contributed by atoms with Crippen molar-refractivity contribution in [3.63, 3.8) is 0 Å². The summed E-state index contributed by atoms with van der Waals surface area (Å²) >= 11 is 0. The maximum absolute atomic E-state index is 2.61. The van der Waals surface area contributed by atoms with E-state index in [1.807, 2.05) is 0 Å². The number of nitrogens with zero attached hydrogens (tertiary/aromatic N) is 1. The average molecular weight is 111 g/mol. The van der Waals surface area contributed by atoms with Crippen LogP contribution in [-0.4, -0.2) is 23.0 Å². The van der Waals surface area contributed by atoms with Crippen LogP contribution in [0.3, 0.4) is 0 Å².